The molecule has 0 saturated carbocycles. The number of alkyl halides is 4. The minimum absolute atomic E-state index is 0.157. The summed E-state index contributed by atoms with van der Waals surface area (Å²) >= 11 is 0. The van der Waals surface area contributed by atoms with Crippen LogP contribution >= 0.6 is 10.2 Å². The monoisotopic (exact) mass is 349 g/mol. The second-order valence-electron chi connectivity index (χ2n) is 3.86. The summed E-state index contributed by atoms with van der Waals surface area (Å²) in [6.45, 7) is 0. The molecule has 0 N–H and O–H groups in total. The second kappa shape index (κ2) is 3.75. The predicted octanol–water partition coefficient (Wildman–Crippen LogP) is 5.58. The molecule has 0 unspecified atom stereocenters. The van der Waals surface area contributed by atoms with Crippen LogP contribution in [0.3, 0.4) is 0 Å². The van der Waals surface area contributed by atoms with Crippen molar-refractivity contribution in [2.75, 3.05) is 0 Å². The summed E-state index contributed by atoms with van der Waals surface area (Å²) in [5.74, 6) is -6.30. The van der Waals surface area contributed by atoms with Crippen LogP contribution in [0.4, 0.5) is 42.7 Å². The average molecular weight is 349 g/mol. The van der Waals surface area contributed by atoms with Crippen molar-refractivity contribution >= 4 is 15.9 Å². The molecule has 0 aromatic heterocycles. The minimum Gasteiger partial charge on any atom is -0.258 e. The van der Waals surface area contributed by atoms with Gasteiger partial charge in [-0.15, -0.1) is 0 Å². The number of rotatable bonds is 4. The van der Waals surface area contributed by atoms with Crippen LogP contribution in [0.2, 0.25) is 0 Å². The van der Waals surface area contributed by atoms with E-state index in [0.29, 0.717) is 0 Å². The highest BCUT2D eigenvalue weighted by atomic mass is 32.5. The molecule has 0 radical (unpaired) electrons. The molecular weight excluding hydrogens is 345 g/mol. The number of hydrogen-bond acceptors (Lipinski definition) is 2. The van der Waals surface area contributed by atoms with E-state index in [1.54, 1.807) is 0 Å². The van der Waals surface area contributed by atoms with E-state index in [-0.39, 0.29) is 24.3 Å². The fourth-order valence-corrected chi connectivity index (χ4v) is 1.81. The van der Waals surface area contributed by atoms with Gasteiger partial charge in [0.05, 0.1) is 4.92 Å². The Morgan fingerprint density at radius 1 is 0.905 bits per heavy atom. The van der Waals surface area contributed by atoms with Crippen LogP contribution in [0, 0.1) is 10.1 Å². The Hall–Kier alpha value is -1.66. The van der Waals surface area contributed by atoms with Crippen LogP contribution < -0.4 is 0 Å². The van der Waals surface area contributed by atoms with E-state index in [2.05, 4.69) is 0 Å². The lowest BCUT2D eigenvalue weighted by atomic mass is 10.1. The smallest absolute Gasteiger partial charge is 0.258 e. The first-order chi connectivity index (χ1) is 8.91. The number of nitro benzene ring substituents is 1. The Morgan fingerprint density at radius 3 is 1.57 bits per heavy atom. The maximum absolute atomic E-state index is 13.2. The Bertz CT molecular complexity index is 580. The quantitative estimate of drug-likeness (QED) is 0.405. The molecule has 3 nitrogen and oxygen atoms in total. The largest absolute Gasteiger partial charge is 0.448 e. The molecular formula is C8H4F9NO2S. The molecule has 1 rings (SSSR count). The van der Waals surface area contributed by atoms with E-state index in [1.165, 1.54) is 0 Å². The van der Waals surface area contributed by atoms with E-state index in [4.69, 9.17) is 0 Å². The third kappa shape index (κ3) is 2.73. The van der Waals surface area contributed by atoms with Crippen molar-refractivity contribution in [1.82, 2.24) is 0 Å². The van der Waals surface area contributed by atoms with Crippen LogP contribution in [0.25, 0.3) is 0 Å². The van der Waals surface area contributed by atoms with E-state index >= 15 is 0 Å². The Kier molecular flexibility index (Phi) is 3.11. The van der Waals surface area contributed by atoms with Crippen LogP contribution in [0.15, 0.2) is 24.3 Å². The van der Waals surface area contributed by atoms with Crippen LogP contribution in [0.5, 0.6) is 0 Å². The summed E-state index contributed by atoms with van der Waals surface area (Å²) < 4.78 is 112. The van der Waals surface area contributed by atoms with Gasteiger partial charge in [-0.05, 0) is 12.1 Å². The summed E-state index contributed by atoms with van der Waals surface area (Å²) in [4.78, 5) is 9.05. The number of non-ortho nitro benzene ring substituents is 1. The summed E-state index contributed by atoms with van der Waals surface area (Å²) in [5, 5.41) is 2.57. The zero-order valence-electron chi connectivity index (χ0n) is 9.38. The van der Waals surface area contributed by atoms with Gasteiger partial charge < -0.3 is 0 Å². The summed E-state index contributed by atoms with van der Waals surface area (Å²) in [5.41, 5.74) is -3.03. The maximum atomic E-state index is 13.2. The number of hydrogen-bond donors (Lipinski definition) is 0. The van der Waals surface area contributed by atoms with Gasteiger partial charge in [-0.25, -0.2) is 0 Å². The molecule has 1 aromatic carbocycles. The first-order valence-corrected chi connectivity index (χ1v) is 6.59. The molecule has 1 aromatic rings. The predicted molar refractivity (Wildman–Crippen MR) is 55.1 cm³/mol. The lowest BCUT2D eigenvalue weighted by Gasteiger charge is -2.48. The van der Waals surface area contributed by atoms with E-state index in [9.17, 15) is 47.1 Å². The molecule has 0 aliphatic heterocycles. The zero-order valence-corrected chi connectivity index (χ0v) is 10.2. The van der Waals surface area contributed by atoms with Crippen LogP contribution in [-0.4, -0.2) is 10.2 Å². The molecule has 0 bridgehead atoms. The number of benzene rings is 1. The molecule has 13 heteroatoms. The zero-order chi connectivity index (χ0) is 17.0. The van der Waals surface area contributed by atoms with Gasteiger partial charge in [0.1, 0.15) is 0 Å². The standard InChI is InChI=1S/C8H4F9NO2S/c9-7(10,8(11,12)21(13,14,15,16)17)5-1-3-6(4-2-5)18(19)20/h1-4H. The molecule has 0 atom stereocenters. The molecule has 0 aliphatic carbocycles. The van der Waals surface area contributed by atoms with E-state index < -0.39 is 37.6 Å². The van der Waals surface area contributed by atoms with E-state index in [0.717, 1.165) is 0 Å². The molecule has 0 saturated heterocycles. The van der Waals surface area contributed by atoms with Gasteiger partial charge >= 0.3 is 21.4 Å². The van der Waals surface area contributed by atoms with Gasteiger partial charge in [0.25, 0.3) is 5.69 Å². The van der Waals surface area contributed by atoms with Crippen molar-refractivity contribution in [2.24, 2.45) is 0 Å². The summed E-state index contributed by atoms with van der Waals surface area (Å²) in [7, 11) is -11.9. The van der Waals surface area contributed by atoms with Crippen molar-refractivity contribution in [1.29, 1.82) is 0 Å². The lowest BCUT2D eigenvalue weighted by Crippen LogP contribution is -2.46. The lowest BCUT2D eigenvalue weighted by molar-refractivity contribution is -0.384. The highest BCUT2D eigenvalue weighted by molar-refractivity contribution is 8.46. The first-order valence-electron chi connectivity index (χ1n) is 4.64. The Balaban J connectivity index is 3.44. The molecule has 21 heavy (non-hydrogen) atoms. The molecule has 122 valence electrons. The van der Waals surface area contributed by atoms with Crippen LogP contribution in [-0.2, 0) is 5.92 Å². The first kappa shape index (κ1) is 17.4. The number of halogens is 9. The van der Waals surface area contributed by atoms with Crippen molar-refractivity contribution < 1.29 is 41.9 Å². The van der Waals surface area contributed by atoms with Gasteiger partial charge in [-0.3, -0.25) is 10.1 Å². The van der Waals surface area contributed by atoms with Crippen molar-refractivity contribution in [3.63, 3.8) is 0 Å². The van der Waals surface area contributed by atoms with E-state index in [1.807, 2.05) is 0 Å². The normalized spacial score (nSPS) is 17.0. The van der Waals surface area contributed by atoms with Gasteiger partial charge in [0.2, 0.25) is 0 Å². The van der Waals surface area contributed by atoms with Crippen molar-refractivity contribution in [3.05, 3.63) is 39.9 Å². The fourth-order valence-electron chi connectivity index (χ4n) is 1.20. The fraction of sp³-hybridized carbons (Fsp3) is 0.250. The second-order valence-corrected chi connectivity index (χ2v) is 6.31. The number of nitro groups is 1. The summed E-state index contributed by atoms with van der Waals surface area (Å²) in [6, 6.07) is 0.0561. The third-order valence-corrected chi connectivity index (χ3v) is 3.52. The molecule has 0 heterocycles. The number of nitrogens with zero attached hydrogens (tertiary/aromatic N) is 1. The molecule has 0 aliphatic rings. The average Bonchev–Trinajstić information content (AvgIpc) is 2.25. The highest BCUT2D eigenvalue weighted by Crippen LogP contribution is 3.06. The van der Waals surface area contributed by atoms with Gasteiger partial charge in [0.15, 0.2) is 0 Å². The molecule has 0 amide bonds. The van der Waals surface area contributed by atoms with Gasteiger partial charge in [-0.1, -0.05) is 19.4 Å². The van der Waals surface area contributed by atoms with Gasteiger partial charge in [0, 0.05) is 17.7 Å². The van der Waals surface area contributed by atoms with Gasteiger partial charge in [-0.2, -0.15) is 17.6 Å². The van der Waals surface area contributed by atoms with Crippen LogP contribution in [0.1, 0.15) is 5.56 Å². The highest BCUT2D eigenvalue weighted by Gasteiger charge is 2.91. The molecule has 0 spiro atoms. The molecule has 0 fully saturated rings. The van der Waals surface area contributed by atoms with Crippen molar-refractivity contribution in [2.45, 2.75) is 11.2 Å². The Morgan fingerprint density at radius 2 is 1.29 bits per heavy atom. The topological polar surface area (TPSA) is 43.1 Å². The van der Waals surface area contributed by atoms with Crippen molar-refractivity contribution in [3.8, 4) is 0 Å². The summed E-state index contributed by atoms with van der Waals surface area (Å²) in [6.07, 6.45) is 0. The Labute approximate surface area is 110 Å². The SMILES string of the molecule is O=[N+]([O-])c1ccc(C(F)(F)C(F)(F)S(F)(F)(F)(F)F)cc1. The minimum atomic E-state index is -11.9. The maximum Gasteiger partial charge on any atom is 0.448 e. The third-order valence-electron chi connectivity index (χ3n) is 2.29.